The SMILES string of the molecule is Cc1nn(C)c(C)c1C(=O)N(C)CC(O)COCc1ccccc1. The van der Waals surface area contributed by atoms with E-state index in [0.717, 1.165) is 11.3 Å². The van der Waals surface area contributed by atoms with Gasteiger partial charge in [-0.05, 0) is 19.4 Å². The molecule has 1 unspecified atom stereocenters. The van der Waals surface area contributed by atoms with Crippen LogP contribution < -0.4 is 0 Å². The van der Waals surface area contributed by atoms with E-state index in [1.807, 2.05) is 51.2 Å². The first kappa shape index (κ1) is 18.2. The third-order valence-corrected chi connectivity index (χ3v) is 3.98. The summed E-state index contributed by atoms with van der Waals surface area (Å²) in [6, 6.07) is 9.77. The molecule has 6 heteroatoms. The lowest BCUT2D eigenvalue weighted by molar-refractivity contribution is 0.0136. The van der Waals surface area contributed by atoms with Gasteiger partial charge in [-0.1, -0.05) is 30.3 Å². The molecule has 24 heavy (non-hydrogen) atoms. The molecular formula is C18H25N3O3. The van der Waals surface area contributed by atoms with Crippen LogP contribution in [0.3, 0.4) is 0 Å². The van der Waals surface area contributed by atoms with Crippen LogP contribution in [0.2, 0.25) is 0 Å². The first-order valence-electron chi connectivity index (χ1n) is 7.95. The van der Waals surface area contributed by atoms with E-state index in [9.17, 15) is 9.90 Å². The predicted molar refractivity (Wildman–Crippen MR) is 91.7 cm³/mol. The monoisotopic (exact) mass is 331 g/mol. The number of hydrogen-bond acceptors (Lipinski definition) is 4. The number of carbonyl (C=O) groups is 1. The number of aliphatic hydroxyl groups is 1. The average molecular weight is 331 g/mol. The summed E-state index contributed by atoms with van der Waals surface area (Å²) in [4.78, 5) is 14.1. The maximum Gasteiger partial charge on any atom is 0.257 e. The summed E-state index contributed by atoms with van der Waals surface area (Å²) < 4.78 is 7.21. The molecule has 1 amide bonds. The van der Waals surface area contributed by atoms with E-state index in [1.54, 1.807) is 11.7 Å². The number of amides is 1. The Morgan fingerprint density at radius 2 is 2.00 bits per heavy atom. The second-order valence-corrected chi connectivity index (χ2v) is 6.01. The summed E-state index contributed by atoms with van der Waals surface area (Å²) >= 11 is 0. The summed E-state index contributed by atoms with van der Waals surface area (Å²) in [6.07, 6.45) is -0.736. The molecule has 0 saturated carbocycles. The Balaban J connectivity index is 1.84. The molecule has 1 N–H and O–H groups in total. The van der Waals surface area contributed by atoms with Gasteiger partial charge in [-0.25, -0.2) is 0 Å². The Morgan fingerprint density at radius 3 is 2.58 bits per heavy atom. The van der Waals surface area contributed by atoms with Crippen molar-refractivity contribution in [3.63, 3.8) is 0 Å². The molecule has 0 bridgehead atoms. The molecule has 0 aliphatic heterocycles. The van der Waals surface area contributed by atoms with E-state index in [-0.39, 0.29) is 19.1 Å². The number of aryl methyl sites for hydroxylation is 2. The van der Waals surface area contributed by atoms with Crippen LogP contribution >= 0.6 is 0 Å². The largest absolute Gasteiger partial charge is 0.389 e. The fourth-order valence-corrected chi connectivity index (χ4v) is 2.61. The normalized spacial score (nSPS) is 12.2. The first-order chi connectivity index (χ1) is 11.4. The zero-order valence-electron chi connectivity index (χ0n) is 14.7. The first-order valence-corrected chi connectivity index (χ1v) is 7.95. The average Bonchev–Trinajstić information content (AvgIpc) is 2.80. The van der Waals surface area contributed by atoms with Gasteiger partial charge in [0.05, 0.1) is 30.6 Å². The highest BCUT2D eigenvalue weighted by Crippen LogP contribution is 2.14. The molecule has 0 aliphatic carbocycles. The number of benzene rings is 1. The molecule has 6 nitrogen and oxygen atoms in total. The second-order valence-electron chi connectivity index (χ2n) is 6.01. The van der Waals surface area contributed by atoms with Crippen molar-refractivity contribution < 1.29 is 14.6 Å². The molecule has 0 saturated heterocycles. The van der Waals surface area contributed by atoms with Crippen LogP contribution in [0.4, 0.5) is 0 Å². The van der Waals surface area contributed by atoms with E-state index in [2.05, 4.69) is 5.10 Å². The molecule has 0 aliphatic rings. The van der Waals surface area contributed by atoms with Crippen LogP contribution in [-0.4, -0.2) is 52.0 Å². The standard InChI is InChI=1S/C18H25N3O3/c1-13-17(14(2)21(4)19-13)18(23)20(3)10-16(22)12-24-11-15-8-6-5-7-9-15/h5-9,16,22H,10-12H2,1-4H3. The van der Waals surface area contributed by atoms with Gasteiger partial charge in [0.15, 0.2) is 0 Å². The zero-order valence-corrected chi connectivity index (χ0v) is 14.7. The minimum absolute atomic E-state index is 0.139. The molecule has 1 aromatic carbocycles. The summed E-state index contributed by atoms with van der Waals surface area (Å²) in [5, 5.41) is 14.4. The number of carbonyl (C=O) groups excluding carboxylic acids is 1. The van der Waals surface area contributed by atoms with Gasteiger partial charge in [0.2, 0.25) is 0 Å². The lowest BCUT2D eigenvalue weighted by atomic mass is 10.1. The van der Waals surface area contributed by atoms with E-state index in [1.165, 1.54) is 4.90 Å². The van der Waals surface area contributed by atoms with Gasteiger partial charge in [0, 0.05) is 26.3 Å². The van der Waals surface area contributed by atoms with Gasteiger partial charge >= 0.3 is 0 Å². The summed E-state index contributed by atoms with van der Waals surface area (Å²) in [7, 11) is 3.49. The fraction of sp³-hybridized carbons (Fsp3) is 0.444. The Morgan fingerprint density at radius 1 is 1.33 bits per heavy atom. The minimum atomic E-state index is -0.736. The van der Waals surface area contributed by atoms with Crippen LogP contribution in [0.5, 0.6) is 0 Å². The number of hydrogen-bond donors (Lipinski definition) is 1. The lowest BCUT2D eigenvalue weighted by Gasteiger charge is -2.21. The van der Waals surface area contributed by atoms with E-state index >= 15 is 0 Å². The van der Waals surface area contributed by atoms with Crippen molar-refractivity contribution in [3.05, 3.63) is 52.8 Å². The van der Waals surface area contributed by atoms with Gasteiger partial charge in [-0.15, -0.1) is 0 Å². The summed E-state index contributed by atoms with van der Waals surface area (Å²) in [5.74, 6) is -0.139. The van der Waals surface area contributed by atoms with Crippen molar-refractivity contribution in [3.8, 4) is 0 Å². The molecule has 0 radical (unpaired) electrons. The van der Waals surface area contributed by atoms with Crippen molar-refractivity contribution >= 4 is 5.91 Å². The van der Waals surface area contributed by atoms with Gasteiger partial charge < -0.3 is 14.7 Å². The van der Waals surface area contributed by atoms with E-state index in [4.69, 9.17) is 4.74 Å². The van der Waals surface area contributed by atoms with Gasteiger partial charge in [0.25, 0.3) is 5.91 Å². The number of ether oxygens (including phenoxy) is 1. The highest BCUT2D eigenvalue weighted by Gasteiger charge is 2.22. The molecule has 0 spiro atoms. The maximum absolute atomic E-state index is 12.6. The Labute approximate surface area is 142 Å². The lowest BCUT2D eigenvalue weighted by Crippen LogP contribution is -2.36. The van der Waals surface area contributed by atoms with Crippen LogP contribution in [0.15, 0.2) is 30.3 Å². The van der Waals surface area contributed by atoms with Crippen molar-refractivity contribution in [2.45, 2.75) is 26.6 Å². The Kier molecular flexibility index (Phi) is 6.11. The number of rotatable bonds is 7. The summed E-state index contributed by atoms with van der Waals surface area (Å²) in [6.45, 7) is 4.50. The van der Waals surface area contributed by atoms with Crippen LogP contribution in [-0.2, 0) is 18.4 Å². The number of aromatic nitrogens is 2. The predicted octanol–water partition coefficient (Wildman–Crippen LogP) is 1.69. The van der Waals surface area contributed by atoms with Crippen LogP contribution in [0.1, 0.15) is 27.3 Å². The Bertz CT molecular complexity index is 682. The van der Waals surface area contributed by atoms with Crippen molar-refractivity contribution in [2.24, 2.45) is 7.05 Å². The molecule has 2 rings (SSSR count). The van der Waals surface area contributed by atoms with Gasteiger partial charge in [0.1, 0.15) is 0 Å². The highest BCUT2D eigenvalue weighted by molar-refractivity contribution is 5.96. The van der Waals surface area contributed by atoms with Gasteiger partial charge in [-0.2, -0.15) is 5.10 Å². The number of aliphatic hydroxyl groups excluding tert-OH is 1. The molecular weight excluding hydrogens is 306 g/mol. The van der Waals surface area contributed by atoms with Crippen LogP contribution in [0, 0.1) is 13.8 Å². The third kappa shape index (κ3) is 4.43. The van der Waals surface area contributed by atoms with Crippen molar-refractivity contribution in [1.29, 1.82) is 0 Å². The molecule has 2 aromatic rings. The zero-order chi connectivity index (χ0) is 17.7. The fourth-order valence-electron chi connectivity index (χ4n) is 2.61. The van der Waals surface area contributed by atoms with Crippen molar-refractivity contribution in [2.75, 3.05) is 20.2 Å². The van der Waals surface area contributed by atoms with Gasteiger partial charge in [-0.3, -0.25) is 9.48 Å². The minimum Gasteiger partial charge on any atom is -0.389 e. The van der Waals surface area contributed by atoms with Crippen molar-refractivity contribution in [1.82, 2.24) is 14.7 Å². The summed E-state index contributed by atoms with van der Waals surface area (Å²) in [5.41, 5.74) is 3.16. The maximum atomic E-state index is 12.6. The number of nitrogens with zero attached hydrogens (tertiary/aromatic N) is 3. The molecule has 1 heterocycles. The van der Waals surface area contributed by atoms with Crippen LogP contribution in [0.25, 0.3) is 0 Å². The molecule has 0 fully saturated rings. The molecule has 130 valence electrons. The third-order valence-electron chi connectivity index (χ3n) is 3.98. The van der Waals surface area contributed by atoms with E-state index in [0.29, 0.717) is 17.9 Å². The quantitative estimate of drug-likeness (QED) is 0.838. The van der Waals surface area contributed by atoms with E-state index < -0.39 is 6.10 Å². The highest BCUT2D eigenvalue weighted by atomic mass is 16.5. The molecule has 1 atom stereocenters. The second kappa shape index (κ2) is 8.08. The number of likely N-dealkylation sites (N-methyl/N-ethyl adjacent to an activating group) is 1. The Hall–Kier alpha value is -2.18. The molecule has 1 aromatic heterocycles. The smallest absolute Gasteiger partial charge is 0.257 e. The topological polar surface area (TPSA) is 67.6 Å².